The number of nitriles is 1. The molecule has 14 aromatic rings. The third kappa shape index (κ3) is 5.32. The van der Waals surface area contributed by atoms with Crippen molar-refractivity contribution in [3.8, 4) is 51.6 Å². The Bertz CT molecular complexity index is 4670. The highest BCUT2D eigenvalue weighted by Crippen LogP contribution is 2.44. The van der Waals surface area contributed by atoms with Crippen molar-refractivity contribution in [2.24, 2.45) is 0 Å². The largest absolute Gasteiger partial charge is 0.455 e. The fourth-order valence-electron chi connectivity index (χ4n) is 9.87. The van der Waals surface area contributed by atoms with Crippen LogP contribution in [0.25, 0.3) is 131 Å². The predicted molar refractivity (Wildman–Crippen MR) is 270 cm³/mol. The maximum Gasteiger partial charge on any atom is 0.167 e. The highest BCUT2D eigenvalue weighted by molar-refractivity contribution is 7.25. The molecule has 0 spiro atoms. The molecule has 66 heavy (non-hydrogen) atoms. The fourth-order valence-corrected chi connectivity index (χ4v) is 11.0. The molecule has 14 rings (SSSR count). The molecule has 0 radical (unpaired) electrons. The van der Waals surface area contributed by atoms with Gasteiger partial charge in [-0.25, -0.2) is 15.0 Å². The Morgan fingerprint density at radius 3 is 2.06 bits per heavy atom. The number of hydrogen-bond acceptors (Lipinski definition) is 6. The van der Waals surface area contributed by atoms with E-state index in [0.717, 1.165) is 60.1 Å². The van der Waals surface area contributed by atoms with Crippen molar-refractivity contribution in [2.75, 3.05) is 0 Å². The van der Waals surface area contributed by atoms with Gasteiger partial charge in [0.1, 0.15) is 17.2 Å². The number of nitrogens with zero attached hydrogens (tertiary/aromatic N) is 6. The van der Waals surface area contributed by atoms with Gasteiger partial charge < -0.3 is 13.6 Å². The van der Waals surface area contributed by atoms with Gasteiger partial charge >= 0.3 is 0 Å². The van der Waals surface area contributed by atoms with Crippen LogP contribution in [0, 0.1) is 11.3 Å². The van der Waals surface area contributed by atoms with Crippen LogP contribution in [-0.2, 0) is 0 Å². The summed E-state index contributed by atoms with van der Waals surface area (Å²) in [6.45, 7) is 0. The van der Waals surface area contributed by atoms with Crippen molar-refractivity contribution < 1.29 is 11.3 Å². The molecule has 5 heterocycles. The van der Waals surface area contributed by atoms with Crippen LogP contribution in [0.4, 0.5) is 0 Å². The lowest BCUT2D eigenvalue weighted by Gasteiger charge is -2.13. The lowest BCUT2D eigenvalue weighted by molar-refractivity contribution is 0.669. The molecule has 0 aliphatic heterocycles. The quantitative estimate of drug-likeness (QED) is 0.172. The molecule has 0 atom stereocenters. The van der Waals surface area contributed by atoms with Crippen molar-refractivity contribution in [3.63, 3.8) is 0 Å². The normalized spacial score (nSPS) is 13.0. The van der Waals surface area contributed by atoms with Gasteiger partial charge in [-0.05, 0) is 72.8 Å². The Hall–Kier alpha value is -8.90. The highest BCUT2D eigenvalue weighted by Gasteiger charge is 2.24. The summed E-state index contributed by atoms with van der Waals surface area (Å²) in [4.78, 5) is 14.6. The van der Waals surface area contributed by atoms with E-state index >= 15 is 0 Å². The van der Waals surface area contributed by atoms with Gasteiger partial charge in [-0.3, -0.25) is 0 Å². The summed E-state index contributed by atoms with van der Waals surface area (Å²) in [6, 6.07) is 55.2. The van der Waals surface area contributed by atoms with Crippen LogP contribution in [0.2, 0.25) is 0 Å². The van der Waals surface area contributed by atoms with Crippen molar-refractivity contribution in [3.05, 3.63) is 200 Å². The highest BCUT2D eigenvalue weighted by atomic mass is 32.1. The molecule has 5 aromatic heterocycles. The van der Waals surface area contributed by atoms with Crippen LogP contribution in [0.15, 0.2) is 198 Å². The van der Waals surface area contributed by atoms with E-state index in [4.69, 9.17) is 26.2 Å². The Morgan fingerprint density at radius 1 is 0.515 bits per heavy atom. The smallest absolute Gasteiger partial charge is 0.167 e. The van der Waals surface area contributed by atoms with Gasteiger partial charge in [0.2, 0.25) is 0 Å². The summed E-state index contributed by atoms with van der Waals surface area (Å²) in [5.41, 5.74) is 7.98. The molecular formula is C58H32N6OS. The van der Waals surface area contributed by atoms with E-state index in [9.17, 15) is 5.26 Å². The number of thiophene rings is 1. The van der Waals surface area contributed by atoms with Gasteiger partial charge in [0.15, 0.2) is 17.5 Å². The van der Waals surface area contributed by atoms with Gasteiger partial charge in [-0.2, -0.15) is 5.26 Å². The minimum atomic E-state index is -0.528. The molecule has 9 aromatic carbocycles. The second kappa shape index (κ2) is 14.1. The molecule has 306 valence electrons. The zero-order valence-electron chi connectivity index (χ0n) is 39.6. The Labute approximate surface area is 387 Å². The van der Waals surface area contributed by atoms with Gasteiger partial charge in [-0.1, -0.05) is 121 Å². The number of hydrogen-bond donors (Lipinski definition) is 0. The zero-order valence-corrected chi connectivity index (χ0v) is 35.4. The van der Waals surface area contributed by atoms with Crippen LogP contribution in [0.1, 0.15) is 12.4 Å². The van der Waals surface area contributed by atoms with Crippen LogP contribution in [0.5, 0.6) is 0 Å². The van der Waals surface area contributed by atoms with Crippen LogP contribution < -0.4 is 0 Å². The first-order valence-corrected chi connectivity index (χ1v) is 22.2. The molecule has 0 amide bonds. The number of para-hydroxylation sites is 4. The Balaban J connectivity index is 1.01. The summed E-state index contributed by atoms with van der Waals surface area (Å²) in [6.07, 6.45) is 0. The topological polar surface area (TPSA) is 85.5 Å². The number of rotatable bonds is 5. The summed E-state index contributed by atoms with van der Waals surface area (Å²) in [7, 11) is 0. The van der Waals surface area contributed by atoms with E-state index in [1.165, 1.54) is 20.2 Å². The van der Waals surface area contributed by atoms with Crippen molar-refractivity contribution >= 4 is 97.1 Å². The van der Waals surface area contributed by atoms with Crippen molar-refractivity contribution in [1.29, 1.82) is 5.26 Å². The van der Waals surface area contributed by atoms with Gasteiger partial charge in [0, 0.05) is 69.3 Å². The third-order valence-corrected chi connectivity index (χ3v) is 13.9. The van der Waals surface area contributed by atoms with Crippen molar-refractivity contribution in [2.45, 2.75) is 0 Å². The fraction of sp³-hybridized carbons (Fsp3) is 0. The number of benzene rings is 9. The third-order valence-electron chi connectivity index (χ3n) is 12.7. The maximum atomic E-state index is 11.2. The van der Waals surface area contributed by atoms with E-state index in [1.54, 1.807) is 17.4 Å². The molecule has 0 saturated heterocycles. The molecule has 0 fully saturated rings. The standard InChI is InChI=1S/C58H32N6OS/c59-33-36-31-35(57-60-56(34-13-2-1-3-14-34)61-58(62-57)44-20-12-19-42-39-16-6-10-23-50(39)65-55(42)44)25-28-46(36)64-47-21-8-4-15-38(47)41-27-29-49-53(54(41)64)43-18-5-9-22-48(43)63(49)37-26-30-52-45(32-37)40-17-7-11-24-51(40)66-52/h1-32H/i1D,2D,3D,13D,14D. The molecule has 0 N–H and O–H groups in total. The molecule has 0 bridgehead atoms. The summed E-state index contributed by atoms with van der Waals surface area (Å²) < 4.78 is 56.5. The molecular weight excluding hydrogens is 829 g/mol. The lowest BCUT2D eigenvalue weighted by Crippen LogP contribution is -2.02. The van der Waals surface area contributed by atoms with Gasteiger partial charge in [-0.15, -0.1) is 11.3 Å². The second-order valence-electron chi connectivity index (χ2n) is 16.3. The van der Waals surface area contributed by atoms with E-state index in [-0.39, 0.29) is 23.0 Å². The van der Waals surface area contributed by atoms with Crippen LogP contribution >= 0.6 is 11.3 Å². The number of aromatic nitrogens is 5. The van der Waals surface area contributed by atoms with E-state index in [2.05, 4.69) is 106 Å². The molecule has 0 aliphatic rings. The molecule has 0 saturated carbocycles. The molecule has 0 aliphatic carbocycles. The summed E-state index contributed by atoms with van der Waals surface area (Å²) in [5.74, 6) is 0.179. The molecule has 7 nitrogen and oxygen atoms in total. The summed E-state index contributed by atoms with van der Waals surface area (Å²) in [5, 5.41) is 19.5. The average Bonchev–Trinajstić information content (AvgIpc) is 4.17. The first-order chi connectivity index (χ1) is 34.7. The second-order valence-corrected chi connectivity index (χ2v) is 17.4. The number of fused-ring (bicyclic) bond motifs is 13. The maximum absolute atomic E-state index is 11.2. The summed E-state index contributed by atoms with van der Waals surface area (Å²) >= 11 is 1.80. The van der Waals surface area contributed by atoms with E-state index in [1.807, 2.05) is 66.7 Å². The predicted octanol–water partition coefficient (Wildman–Crippen LogP) is 15.2. The molecule has 8 heteroatoms. The SMILES string of the molecule is [2H]c1c([2H])c([2H])c(-c2nc(-c3ccc(-n4c5ccccc5c5ccc6c(c7ccccc7n6-c6ccc7sc8ccccc8c7c6)c54)c(C#N)c3)nc(-c3cccc4c3oc3ccccc34)n2)c([2H])c1[2H]. The first kappa shape index (κ1) is 31.9. The van der Waals surface area contributed by atoms with Crippen LogP contribution in [0.3, 0.4) is 0 Å². The van der Waals surface area contributed by atoms with E-state index in [0.29, 0.717) is 33.5 Å². The van der Waals surface area contributed by atoms with Crippen molar-refractivity contribution in [1.82, 2.24) is 24.1 Å². The Kier molecular flexibility index (Phi) is 6.78. The first-order valence-electron chi connectivity index (χ1n) is 23.9. The van der Waals surface area contributed by atoms with E-state index < -0.39 is 30.2 Å². The monoisotopic (exact) mass is 865 g/mol. The van der Waals surface area contributed by atoms with Crippen LogP contribution in [-0.4, -0.2) is 24.1 Å². The zero-order chi connectivity index (χ0) is 47.8. The minimum Gasteiger partial charge on any atom is -0.455 e. The lowest BCUT2D eigenvalue weighted by atomic mass is 10.1. The Morgan fingerprint density at radius 2 is 1.21 bits per heavy atom. The molecule has 0 unspecified atom stereocenters. The minimum absolute atomic E-state index is 0.120. The average molecular weight is 866 g/mol. The van der Waals surface area contributed by atoms with Gasteiger partial charge in [0.05, 0.1) is 45.7 Å². The number of furan rings is 1. The van der Waals surface area contributed by atoms with Gasteiger partial charge in [0.25, 0.3) is 0 Å².